The van der Waals surface area contributed by atoms with Gasteiger partial charge in [-0.1, -0.05) is 48.7 Å². The molecular formula is C26H37FN2OY. The van der Waals surface area contributed by atoms with Crippen molar-refractivity contribution in [1.29, 1.82) is 0 Å². The molecule has 0 saturated carbocycles. The number of likely N-dealkylation sites (N-methyl/N-ethyl adjacent to an activating group) is 1. The molecule has 2 aromatic carbocycles. The summed E-state index contributed by atoms with van der Waals surface area (Å²) in [4.78, 5) is 12.8. The van der Waals surface area contributed by atoms with Crippen LogP contribution in [0.5, 0.6) is 0 Å². The van der Waals surface area contributed by atoms with Crippen molar-refractivity contribution in [2.24, 2.45) is 0 Å². The molecule has 1 N–H and O–H groups in total. The maximum atomic E-state index is 13.4. The van der Waals surface area contributed by atoms with Crippen molar-refractivity contribution in [2.75, 3.05) is 18.4 Å². The predicted molar refractivity (Wildman–Crippen MR) is 124 cm³/mol. The van der Waals surface area contributed by atoms with Crippen molar-refractivity contribution < 1.29 is 46.4 Å². The van der Waals surface area contributed by atoms with Crippen molar-refractivity contribution in [3.63, 3.8) is 0 Å². The van der Waals surface area contributed by atoms with Gasteiger partial charge in [-0.2, -0.15) is 0 Å². The Bertz CT molecular complexity index is 794. The molecule has 1 heterocycles. The summed E-state index contributed by atoms with van der Waals surface area (Å²) < 4.78 is 14.2. The number of hydrogen-bond donors (Lipinski definition) is 1. The standard InChI is InChI=1S/C19H29FN2O.C7H8.Y/c1-5-22(10-8-6-7-9-11-22)16(4)19(23)21-18-14(2)12-17(20)13-15(18)3;1-7-5-3-2-4-6-7;/h10,12-13,16H,5-9,11H2,1-4H3,(H,21,23);2-6H,1H3;. The Morgan fingerprint density at radius 2 is 1.71 bits per heavy atom. The number of nitrogens with zero attached hydrogens (tertiary/aromatic N) is 1. The fourth-order valence-corrected chi connectivity index (χ4v) is 4.18. The van der Waals surface area contributed by atoms with Gasteiger partial charge in [0.15, 0.2) is 0 Å². The zero-order chi connectivity index (χ0) is 22.1. The van der Waals surface area contributed by atoms with Gasteiger partial charge in [-0.15, -0.1) is 13.0 Å². The number of carbonyl (C=O) groups is 1. The van der Waals surface area contributed by atoms with E-state index < -0.39 is 0 Å². The second-order valence-corrected chi connectivity index (χ2v) is 8.41. The van der Waals surface area contributed by atoms with E-state index in [2.05, 4.69) is 37.8 Å². The van der Waals surface area contributed by atoms with Crippen LogP contribution < -0.4 is 5.32 Å². The SMILES string of the molecule is CC[N+]1(C(C)C(=O)Nc2c(C)cc(F)cc2C)[CH-]CCCCC1.Cc1ccccc1.[Y]. The van der Waals surface area contributed by atoms with Gasteiger partial charge in [0.2, 0.25) is 0 Å². The van der Waals surface area contributed by atoms with Gasteiger partial charge >= 0.3 is 0 Å². The molecule has 1 fully saturated rings. The number of halogens is 1. The molecule has 3 rings (SSSR count). The average Bonchev–Trinajstić information content (AvgIpc) is 2.97. The zero-order valence-electron chi connectivity index (χ0n) is 19.7. The van der Waals surface area contributed by atoms with E-state index in [1.54, 1.807) is 0 Å². The molecule has 5 heteroatoms. The topological polar surface area (TPSA) is 29.1 Å². The number of hydrogen-bond acceptors (Lipinski definition) is 1. The molecular weight excluding hydrogens is 464 g/mol. The Morgan fingerprint density at radius 3 is 2.23 bits per heavy atom. The minimum absolute atomic E-state index is 0. The van der Waals surface area contributed by atoms with Crippen molar-refractivity contribution >= 4 is 11.6 Å². The summed E-state index contributed by atoms with van der Waals surface area (Å²) in [5.41, 5.74) is 3.60. The molecule has 1 radical (unpaired) electrons. The minimum atomic E-state index is -0.260. The molecule has 0 aliphatic carbocycles. The maximum Gasteiger partial charge on any atom is 0.280 e. The summed E-state index contributed by atoms with van der Waals surface area (Å²) >= 11 is 0. The Kier molecular flexibility index (Phi) is 12.1. The molecule has 31 heavy (non-hydrogen) atoms. The third-order valence-electron chi connectivity index (χ3n) is 6.20. The van der Waals surface area contributed by atoms with Crippen LogP contribution in [0.15, 0.2) is 42.5 Å². The van der Waals surface area contributed by atoms with E-state index in [1.807, 2.05) is 39.0 Å². The number of amides is 1. The monoisotopic (exact) mass is 501 g/mol. The number of benzene rings is 2. The van der Waals surface area contributed by atoms with Crippen LogP contribution in [0.2, 0.25) is 0 Å². The summed E-state index contributed by atoms with van der Waals surface area (Å²) in [6.45, 7) is 14.2. The summed E-state index contributed by atoms with van der Waals surface area (Å²) in [6, 6.07) is 13.1. The molecule has 0 aromatic heterocycles. The Morgan fingerprint density at radius 1 is 1.10 bits per heavy atom. The third-order valence-corrected chi connectivity index (χ3v) is 6.20. The summed E-state index contributed by atoms with van der Waals surface area (Å²) in [5, 5.41) is 3.04. The second kappa shape index (κ2) is 13.5. The van der Waals surface area contributed by atoms with Gasteiger partial charge in [0.25, 0.3) is 5.91 Å². The van der Waals surface area contributed by atoms with E-state index in [0.29, 0.717) is 0 Å². The van der Waals surface area contributed by atoms with E-state index in [4.69, 9.17) is 0 Å². The first kappa shape index (κ1) is 27.9. The van der Waals surface area contributed by atoms with Gasteiger partial charge in [-0.3, -0.25) is 4.79 Å². The second-order valence-electron chi connectivity index (χ2n) is 8.41. The van der Waals surface area contributed by atoms with Gasteiger partial charge in [-0.05, 0) is 64.3 Å². The first-order valence-corrected chi connectivity index (χ1v) is 11.1. The number of anilines is 1. The quantitative estimate of drug-likeness (QED) is 0.385. The molecule has 0 bridgehead atoms. The molecule has 1 aliphatic heterocycles. The molecule has 2 unspecified atom stereocenters. The number of rotatable bonds is 4. The number of quaternary nitrogens is 1. The molecule has 167 valence electrons. The number of likely N-dealkylation sites (tertiary alicyclic amines) is 1. The number of nitrogens with one attached hydrogen (secondary N) is 1. The summed E-state index contributed by atoms with van der Waals surface area (Å²) in [6.07, 6.45) is 4.68. The zero-order valence-corrected chi connectivity index (χ0v) is 22.6. The van der Waals surface area contributed by atoms with Crippen molar-refractivity contribution in [3.05, 3.63) is 71.5 Å². The molecule has 3 nitrogen and oxygen atoms in total. The molecule has 2 aromatic rings. The average molecular weight is 501 g/mol. The molecule has 1 amide bonds. The van der Waals surface area contributed by atoms with Crippen LogP contribution in [0, 0.1) is 33.1 Å². The smallest absolute Gasteiger partial charge is 0.280 e. The Balaban J connectivity index is 0.000000510. The fraction of sp³-hybridized carbons (Fsp3) is 0.462. The largest absolute Gasteiger partial charge is 0.445 e. The third kappa shape index (κ3) is 8.07. The first-order valence-electron chi connectivity index (χ1n) is 11.1. The first-order chi connectivity index (χ1) is 14.3. The van der Waals surface area contributed by atoms with Crippen LogP contribution in [-0.4, -0.2) is 29.5 Å². The van der Waals surface area contributed by atoms with Gasteiger partial charge in [0.05, 0.1) is 13.1 Å². The van der Waals surface area contributed by atoms with E-state index >= 15 is 0 Å². The van der Waals surface area contributed by atoms with Crippen molar-refractivity contribution in [1.82, 2.24) is 0 Å². The van der Waals surface area contributed by atoms with Crippen LogP contribution in [0.1, 0.15) is 56.2 Å². The van der Waals surface area contributed by atoms with Gasteiger partial charge in [-0.25, -0.2) is 4.39 Å². The van der Waals surface area contributed by atoms with E-state index in [9.17, 15) is 9.18 Å². The van der Waals surface area contributed by atoms with E-state index in [1.165, 1.54) is 30.5 Å². The van der Waals surface area contributed by atoms with Gasteiger partial charge in [0, 0.05) is 38.4 Å². The fourth-order valence-electron chi connectivity index (χ4n) is 4.18. The van der Waals surface area contributed by atoms with Crippen LogP contribution in [-0.2, 0) is 37.5 Å². The maximum absolute atomic E-state index is 13.4. The van der Waals surface area contributed by atoms with E-state index in [0.717, 1.165) is 47.2 Å². The van der Waals surface area contributed by atoms with Crippen LogP contribution in [0.25, 0.3) is 0 Å². The van der Waals surface area contributed by atoms with Crippen molar-refractivity contribution in [2.45, 2.75) is 66.3 Å². The molecule has 1 saturated heterocycles. The molecule has 0 spiro atoms. The minimum Gasteiger partial charge on any atom is -0.445 e. The summed E-state index contributed by atoms with van der Waals surface area (Å²) in [5.74, 6) is -0.244. The van der Waals surface area contributed by atoms with Crippen LogP contribution in [0.4, 0.5) is 10.1 Å². The molecule has 2 atom stereocenters. The predicted octanol–water partition coefficient (Wildman–Crippen LogP) is 6.33. The van der Waals surface area contributed by atoms with Crippen LogP contribution in [0.3, 0.4) is 0 Å². The normalized spacial score (nSPS) is 19.2. The number of aryl methyl sites for hydroxylation is 3. The Hall–Kier alpha value is -1.10. The Labute approximate surface area is 213 Å². The molecule has 1 aliphatic rings. The van der Waals surface area contributed by atoms with Crippen molar-refractivity contribution in [3.8, 4) is 0 Å². The number of carbonyl (C=O) groups excluding carboxylic acids is 1. The summed E-state index contributed by atoms with van der Waals surface area (Å²) in [7, 11) is 0. The van der Waals surface area contributed by atoms with Crippen LogP contribution >= 0.6 is 0 Å². The van der Waals surface area contributed by atoms with E-state index in [-0.39, 0.29) is 50.5 Å². The van der Waals surface area contributed by atoms with Gasteiger partial charge in [0.1, 0.15) is 11.9 Å². The van der Waals surface area contributed by atoms with Gasteiger partial charge < -0.3 is 9.80 Å².